The van der Waals surface area contributed by atoms with E-state index in [1.807, 2.05) is 6.08 Å². The second-order valence-corrected chi connectivity index (χ2v) is 5.67. The van der Waals surface area contributed by atoms with E-state index in [1.54, 1.807) is 0 Å². The Hall–Kier alpha value is 0.259. The molecule has 1 heteroatoms. The Labute approximate surface area is 133 Å². The topological polar surface area (TPSA) is 0 Å². The van der Waals surface area contributed by atoms with Crippen molar-refractivity contribution < 1.29 is 0 Å². The summed E-state index contributed by atoms with van der Waals surface area (Å²) >= 11 is 0. The van der Waals surface area contributed by atoms with Crippen molar-refractivity contribution in [3.8, 4) is 0 Å². The first kappa shape index (κ1) is 21.6. The van der Waals surface area contributed by atoms with Crippen molar-refractivity contribution in [2.24, 2.45) is 0 Å². The molecular formula is C18H38Se. The summed E-state index contributed by atoms with van der Waals surface area (Å²) in [6.07, 6.45) is 23.5. The van der Waals surface area contributed by atoms with Crippen LogP contribution in [0.4, 0.5) is 0 Å². The van der Waals surface area contributed by atoms with Crippen LogP contribution in [0.25, 0.3) is 0 Å². The van der Waals surface area contributed by atoms with Crippen LogP contribution < -0.4 is 0 Å². The van der Waals surface area contributed by atoms with Crippen LogP contribution in [0.5, 0.6) is 0 Å². The van der Waals surface area contributed by atoms with Crippen molar-refractivity contribution in [1.82, 2.24) is 0 Å². The summed E-state index contributed by atoms with van der Waals surface area (Å²) in [6.45, 7) is 6.05. The average molecular weight is 333 g/mol. The molecule has 0 saturated carbocycles. The van der Waals surface area contributed by atoms with Gasteiger partial charge in [0.25, 0.3) is 0 Å². The van der Waals surface area contributed by atoms with Gasteiger partial charge in [0.1, 0.15) is 0 Å². The number of allylic oxidation sites excluding steroid dienone is 1. The van der Waals surface area contributed by atoms with Gasteiger partial charge in [0.2, 0.25) is 0 Å². The van der Waals surface area contributed by atoms with Crippen molar-refractivity contribution in [3.05, 3.63) is 12.7 Å². The summed E-state index contributed by atoms with van der Waals surface area (Å²) in [7, 11) is 0. The molecule has 19 heavy (non-hydrogen) atoms. The molecule has 0 radical (unpaired) electrons. The molecule has 0 aliphatic heterocycles. The molecule has 0 amide bonds. The summed E-state index contributed by atoms with van der Waals surface area (Å²) in [6, 6.07) is 0. The Morgan fingerprint density at radius 1 is 0.579 bits per heavy atom. The van der Waals surface area contributed by atoms with Crippen molar-refractivity contribution >= 4 is 17.1 Å². The van der Waals surface area contributed by atoms with Crippen molar-refractivity contribution in [2.45, 2.75) is 103 Å². The van der Waals surface area contributed by atoms with Crippen LogP contribution in [0.3, 0.4) is 0 Å². The van der Waals surface area contributed by atoms with Crippen LogP contribution in [-0.2, 0) is 0 Å². The SMILES string of the molecule is C=CCCCCCCCCCCCCCCCC.[SeH2]. The van der Waals surface area contributed by atoms with Crippen molar-refractivity contribution in [1.29, 1.82) is 0 Å². The predicted octanol–water partition coefficient (Wildman–Crippen LogP) is 6.13. The first-order valence-electron chi connectivity index (χ1n) is 8.52. The maximum absolute atomic E-state index is 3.76. The van der Waals surface area contributed by atoms with Gasteiger partial charge in [-0.15, -0.1) is 6.58 Å². The van der Waals surface area contributed by atoms with Crippen LogP contribution in [0.15, 0.2) is 12.7 Å². The van der Waals surface area contributed by atoms with Crippen molar-refractivity contribution in [3.63, 3.8) is 0 Å². The standard InChI is InChI=1S/C18H36.H2Se/c1-3-5-7-9-11-13-15-17-18-16-14-12-10-8-6-4-2;/h3H,1,4-18H2,2H3;1H2. The van der Waals surface area contributed by atoms with Gasteiger partial charge in [0.05, 0.1) is 0 Å². The summed E-state index contributed by atoms with van der Waals surface area (Å²) < 4.78 is 0. The minimum atomic E-state index is 0. The van der Waals surface area contributed by atoms with Crippen LogP contribution in [0.1, 0.15) is 103 Å². The zero-order chi connectivity index (χ0) is 13.3. The van der Waals surface area contributed by atoms with Gasteiger partial charge in [-0.2, -0.15) is 0 Å². The molecule has 0 nitrogen and oxygen atoms in total. The molecule has 0 aromatic carbocycles. The van der Waals surface area contributed by atoms with Gasteiger partial charge in [-0.3, -0.25) is 0 Å². The van der Waals surface area contributed by atoms with Gasteiger partial charge in [0.15, 0.2) is 0 Å². The molecule has 0 fully saturated rings. The number of unbranched alkanes of at least 4 members (excludes halogenated alkanes) is 14. The summed E-state index contributed by atoms with van der Waals surface area (Å²) in [5.41, 5.74) is 0. The number of hydrogen-bond acceptors (Lipinski definition) is 0. The Morgan fingerprint density at radius 3 is 1.21 bits per heavy atom. The second-order valence-electron chi connectivity index (χ2n) is 5.67. The third-order valence-corrected chi connectivity index (χ3v) is 3.76. The molecule has 116 valence electrons. The minimum absolute atomic E-state index is 0. The zero-order valence-corrected chi connectivity index (χ0v) is 15.5. The summed E-state index contributed by atoms with van der Waals surface area (Å²) in [5, 5.41) is 0. The fraction of sp³-hybridized carbons (Fsp3) is 0.889. The molecule has 0 bridgehead atoms. The predicted molar refractivity (Wildman–Crippen MR) is 93.7 cm³/mol. The van der Waals surface area contributed by atoms with Gasteiger partial charge in [0, 0.05) is 0 Å². The second kappa shape index (κ2) is 20.6. The fourth-order valence-corrected chi connectivity index (χ4v) is 2.48. The van der Waals surface area contributed by atoms with Gasteiger partial charge in [-0.1, -0.05) is 96.5 Å². The normalized spacial score (nSPS) is 10.2. The van der Waals surface area contributed by atoms with Crippen molar-refractivity contribution in [2.75, 3.05) is 0 Å². The molecule has 0 spiro atoms. The molecular weight excluding hydrogens is 295 g/mol. The fourth-order valence-electron chi connectivity index (χ4n) is 2.48. The summed E-state index contributed by atoms with van der Waals surface area (Å²) in [5.74, 6) is 0. The molecule has 0 aliphatic carbocycles. The Balaban J connectivity index is 0. The monoisotopic (exact) mass is 334 g/mol. The number of rotatable bonds is 15. The maximum atomic E-state index is 3.76. The van der Waals surface area contributed by atoms with E-state index in [2.05, 4.69) is 13.5 Å². The van der Waals surface area contributed by atoms with E-state index >= 15 is 0 Å². The molecule has 0 aromatic heterocycles. The first-order valence-corrected chi connectivity index (χ1v) is 8.52. The Morgan fingerprint density at radius 2 is 0.895 bits per heavy atom. The third-order valence-electron chi connectivity index (χ3n) is 3.76. The quantitative estimate of drug-likeness (QED) is 0.192. The molecule has 0 saturated heterocycles. The van der Waals surface area contributed by atoms with E-state index in [-0.39, 0.29) is 17.1 Å². The Kier molecular flexibility index (Phi) is 23.3. The van der Waals surface area contributed by atoms with E-state index in [4.69, 9.17) is 0 Å². The first-order chi connectivity index (χ1) is 8.91. The third kappa shape index (κ3) is 20.7. The average Bonchev–Trinajstić information content (AvgIpc) is 2.39. The molecule has 0 atom stereocenters. The molecule has 0 N–H and O–H groups in total. The van der Waals surface area contributed by atoms with E-state index in [0.717, 1.165) is 0 Å². The number of hydrogen-bond donors (Lipinski definition) is 0. The van der Waals surface area contributed by atoms with E-state index in [9.17, 15) is 0 Å². The molecule has 0 aliphatic rings. The Bertz CT molecular complexity index is 154. The molecule has 0 heterocycles. The van der Waals surface area contributed by atoms with E-state index in [0.29, 0.717) is 0 Å². The zero-order valence-electron chi connectivity index (χ0n) is 13.4. The molecule has 0 aromatic rings. The molecule has 0 unspecified atom stereocenters. The summed E-state index contributed by atoms with van der Waals surface area (Å²) in [4.78, 5) is 0. The van der Waals surface area contributed by atoms with Gasteiger partial charge in [-0.05, 0) is 12.8 Å². The van der Waals surface area contributed by atoms with Crippen LogP contribution in [-0.4, -0.2) is 17.1 Å². The van der Waals surface area contributed by atoms with Gasteiger partial charge < -0.3 is 0 Å². The van der Waals surface area contributed by atoms with Crippen LogP contribution >= 0.6 is 0 Å². The van der Waals surface area contributed by atoms with E-state index in [1.165, 1.54) is 96.3 Å². The van der Waals surface area contributed by atoms with E-state index < -0.39 is 0 Å². The van der Waals surface area contributed by atoms with Crippen LogP contribution in [0.2, 0.25) is 0 Å². The van der Waals surface area contributed by atoms with Gasteiger partial charge in [-0.25, -0.2) is 0 Å². The van der Waals surface area contributed by atoms with Gasteiger partial charge >= 0.3 is 17.1 Å². The van der Waals surface area contributed by atoms with Crippen LogP contribution in [0, 0.1) is 0 Å². The molecule has 0 rings (SSSR count).